The van der Waals surface area contributed by atoms with Crippen molar-refractivity contribution in [1.82, 2.24) is 14.9 Å². The third-order valence-corrected chi connectivity index (χ3v) is 7.72. The van der Waals surface area contributed by atoms with E-state index in [2.05, 4.69) is 29.7 Å². The Hall–Kier alpha value is -3.28. The third kappa shape index (κ3) is 5.31. The summed E-state index contributed by atoms with van der Waals surface area (Å²) in [6, 6.07) is 4.45. The number of amides is 1. The van der Waals surface area contributed by atoms with E-state index in [9.17, 15) is 18.0 Å². The summed E-state index contributed by atoms with van der Waals surface area (Å²) in [7, 11) is 3.75. The number of aromatic nitrogens is 2. The summed E-state index contributed by atoms with van der Waals surface area (Å²) in [6.07, 6.45) is 1.45. The van der Waals surface area contributed by atoms with Crippen LogP contribution in [0.5, 0.6) is 5.75 Å². The third-order valence-electron chi connectivity index (χ3n) is 7.72. The number of hydrogen-bond donors (Lipinski definition) is 1. The van der Waals surface area contributed by atoms with Crippen LogP contribution < -0.4 is 24.8 Å². The highest BCUT2D eigenvalue weighted by molar-refractivity contribution is 6.04. The van der Waals surface area contributed by atoms with Crippen LogP contribution in [0, 0.1) is 0 Å². The smallest absolute Gasteiger partial charge is 0.404 e. The van der Waals surface area contributed by atoms with Crippen LogP contribution in [0.4, 0.5) is 42.0 Å². The summed E-state index contributed by atoms with van der Waals surface area (Å²) in [4.78, 5) is 30.3. The lowest BCUT2D eigenvalue weighted by atomic mass is 10.0. The van der Waals surface area contributed by atoms with E-state index in [4.69, 9.17) is 4.98 Å². The van der Waals surface area contributed by atoms with Crippen molar-refractivity contribution in [3.8, 4) is 5.75 Å². The number of nitrogens with one attached hydrogen (secondary N) is 1. The number of alkyl halides is 3. The molecule has 3 heterocycles. The first-order valence-corrected chi connectivity index (χ1v) is 13.2. The van der Waals surface area contributed by atoms with Gasteiger partial charge in [0, 0.05) is 45.0 Å². The van der Waals surface area contributed by atoms with E-state index in [1.807, 2.05) is 14.0 Å². The molecule has 2 fully saturated rings. The van der Waals surface area contributed by atoms with Gasteiger partial charge in [-0.25, -0.2) is 4.98 Å². The zero-order valence-electron chi connectivity index (χ0n) is 22.0. The summed E-state index contributed by atoms with van der Waals surface area (Å²) >= 11 is 0. The number of ether oxygens (including phenoxy) is 1. The lowest BCUT2D eigenvalue weighted by Crippen LogP contribution is -2.55. The largest absolute Gasteiger partial charge is 0.573 e. The van der Waals surface area contributed by atoms with Crippen LogP contribution >= 0.6 is 0 Å². The fourth-order valence-electron chi connectivity index (χ4n) is 5.65. The molecule has 1 aromatic carbocycles. The fourth-order valence-corrected chi connectivity index (χ4v) is 5.65. The Kier molecular flexibility index (Phi) is 7.26. The van der Waals surface area contributed by atoms with Crippen molar-refractivity contribution in [1.29, 1.82) is 0 Å². The second-order valence-electron chi connectivity index (χ2n) is 10.2. The van der Waals surface area contributed by atoms with E-state index >= 15 is 0 Å². The van der Waals surface area contributed by atoms with Gasteiger partial charge in [0.05, 0.1) is 11.9 Å². The van der Waals surface area contributed by atoms with Gasteiger partial charge in [-0.15, -0.1) is 13.2 Å². The van der Waals surface area contributed by atoms with E-state index in [0.29, 0.717) is 17.9 Å². The molecule has 1 aliphatic carbocycles. The minimum Gasteiger partial charge on any atom is -0.404 e. The quantitative estimate of drug-likeness (QED) is 0.587. The first-order chi connectivity index (χ1) is 18.1. The molecule has 3 aliphatic rings. The minimum absolute atomic E-state index is 0.00282. The van der Waals surface area contributed by atoms with Crippen molar-refractivity contribution < 1.29 is 22.7 Å². The molecular formula is C26H34F3N7O2. The second kappa shape index (κ2) is 10.5. The van der Waals surface area contributed by atoms with Gasteiger partial charge in [-0.2, -0.15) is 4.98 Å². The highest BCUT2D eigenvalue weighted by atomic mass is 19.4. The zero-order chi connectivity index (χ0) is 27.0. The molecule has 1 N–H and O–H groups in total. The molecule has 1 saturated heterocycles. The number of rotatable bonds is 6. The SMILES string of the molecule is CCC1C(=O)N(C)c2cnc(Nc3cc(N4CCN(C)CC4)ccc3OC(F)(F)F)nc2N1C1CCCC1. The van der Waals surface area contributed by atoms with Gasteiger partial charge in [-0.3, -0.25) is 4.79 Å². The molecule has 0 radical (unpaired) electrons. The Morgan fingerprint density at radius 2 is 1.82 bits per heavy atom. The minimum atomic E-state index is -4.85. The van der Waals surface area contributed by atoms with Gasteiger partial charge in [0.25, 0.3) is 0 Å². The zero-order valence-corrected chi connectivity index (χ0v) is 22.0. The molecule has 0 spiro atoms. The molecule has 2 aromatic rings. The molecule has 2 aliphatic heterocycles. The molecular weight excluding hydrogens is 499 g/mol. The number of hydrogen-bond acceptors (Lipinski definition) is 8. The Balaban J connectivity index is 1.51. The topological polar surface area (TPSA) is 77.1 Å². The van der Waals surface area contributed by atoms with E-state index < -0.39 is 6.36 Å². The van der Waals surface area contributed by atoms with E-state index in [1.165, 1.54) is 6.07 Å². The number of nitrogens with zero attached hydrogens (tertiary/aromatic N) is 6. The standard InChI is InChI=1S/C26H34F3N7O2/c1-4-20-24(37)34(3)21-16-30-25(32-23(21)36(20)17-7-5-6-8-17)31-19-15-18(35-13-11-33(2)12-14-35)9-10-22(19)38-26(27,28)29/h9-10,15-17,20H,4-8,11-14H2,1-3H3,(H,30,31,32). The van der Waals surface area contributed by atoms with Crippen molar-refractivity contribution in [3.05, 3.63) is 24.4 Å². The molecule has 1 unspecified atom stereocenters. The van der Waals surface area contributed by atoms with Crippen LogP contribution in [0.15, 0.2) is 24.4 Å². The molecule has 1 saturated carbocycles. The predicted molar refractivity (Wildman–Crippen MR) is 140 cm³/mol. The number of halogens is 3. The van der Waals surface area contributed by atoms with Crippen LogP contribution in [-0.2, 0) is 4.79 Å². The highest BCUT2D eigenvalue weighted by Gasteiger charge is 2.41. The normalized spacial score (nSPS) is 21.2. The number of fused-ring (bicyclic) bond motifs is 1. The van der Waals surface area contributed by atoms with Gasteiger partial charge in [0.15, 0.2) is 11.6 Å². The molecule has 5 rings (SSSR count). The van der Waals surface area contributed by atoms with Gasteiger partial charge in [0.1, 0.15) is 11.7 Å². The Morgan fingerprint density at radius 1 is 1.11 bits per heavy atom. The van der Waals surface area contributed by atoms with Crippen molar-refractivity contribution in [2.45, 2.75) is 57.5 Å². The van der Waals surface area contributed by atoms with Gasteiger partial charge >= 0.3 is 6.36 Å². The van der Waals surface area contributed by atoms with Crippen LogP contribution in [0.25, 0.3) is 0 Å². The summed E-state index contributed by atoms with van der Waals surface area (Å²) in [5, 5.41) is 2.99. The first kappa shape index (κ1) is 26.3. The maximum Gasteiger partial charge on any atom is 0.573 e. The predicted octanol–water partition coefficient (Wildman–Crippen LogP) is 4.37. The molecule has 206 valence electrons. The maximum atomic E-state index is 13.2. The monoisotopic (exact) mass is 533 g/mol. The number of piperazine rings is 1. The molecule has 38 heavy (non-hydrogen) atoms. The average Bonchev–Trinajstić information content (AvgIpc) is 3.41. The van der Waals surface area contributed by atoms with E-state index in [-0.39, 0.29) is 35.4 Å². The van der Waals surface area contributed by atoms with Crippen molar-refractivity contribution >= 4 is 34.7 Å². The van der Waals surface area contributed by atoms with Gasteiger partial charge in [-0.05, 0) is 44.5 Å². The van der Waals surface area contributed by atoms with Crippen LogP contribution in [0.1, 0.15) is 39.0 Å². The van der Waals surface area contributed by atoms with E-state index in [0.717, 1.165) is 57.5 Å². The molecule has 1 atom stereocenters. The van der Waals surface area contributed by atoms with Gasteiger partial charge in [-0.1, -0.05) is 19.8 Å². The summed E-state index contributed by atoms with van der Waals surface area (Å²) in [5.74, 6) is 0.406. The fraction of sp³-hybridized carbons (Fsp3) is 0.577. The van der Waals surface area contributed by atoms with Crippen LogP contribution in [-0.4, -0.2) is 79.5 Å². The molecule has 0 bridgehead atoms. The van der Waals surface area contributed by atoms with Gasteiger partial charge < -0.3 is 29.7 Å². The maximum absolute atomic E-state index is 13.2. The second-order valence-corrected chi connectivity index (χ2v) is 10.2. The van der Waals surface area contributed by atoms with E-state index in [1.54, 1.807) is 30.3 Å². The van der Waals surface area contributed by atoms with Crippen LogP contribution in [0.3, 0.4) is 0 Å². The number of likely N-dealkylation sites (N-methyl/N-ethyl adjacent to an activating group) is 2. The Labute approximate surface area is 220 Å². The number of carbonyl (C=O) groups is 1. The molecule has 1 amide bonds. The summed E-state index contributed by atoms with van der Waals surface area (Å²) in [6.45, 7) is 5.23. The summed E-state index contributed by atoms with van der Waals surface area (Å²) < 4.78 is 44.0. The van der Waals surface area contributed by atoms with Crippen molar-refractivity contribution in [2.24, 2.45) is 0 Å². The lowest BCUT2D eigenvalue weighted by Gasteiger charge is -2.43. The highest BCUT2D eigenvalue weighted by Crippen LogP contribution is 2.41. The molecule has 1 aromatic heterocycles. The van der Waals surface area contributed by atoms with Crippen LogP contribution in [0.2, 0.25) is 0 Å². The van der Waals surface area contributed by atoms with Crippen molar-refractivity contribution in [3.63, 3.8) is 0 Å². The average molecular weight is 534 g/mol. The molecule has 12 heteroatoms. The number of carbonyl (C=O) groups excluding carboxylic acids is 1. The van der Waals surface area contributed by atoms with Crippen molar-refractivity contribution in [2.75, 3.05) is 60.3 Å². The number of anilines is 5. The van der Waals surface area contributed by atoms with Gasteiger partial charge in [0.2, 0.25) is 11.9 Å². The first-order valence-electron chi connectivity index (χ1n) is 13.2. The lowest BCUT2D eigenvalue weighted by molar-refractivity contribution is -0.274. The molecule has 9 nitrogen and oxygen atoms in total. The summed E-state index contributed by atoms with van der Waals surface area (Å²) in [5.41, 5.74) is 1.51. The Morgan fingerprint density at radius 3 is 2.47 bits per heavy atom. The number of benzene rings is 1. The Bertz CT molecular complexity index is 1160.